The number of H-pyrrole nitrogens is 1. The third kappa shape index (κ3) is 4.01. The van der Waals surface area contributed by atoms with Crippen molar-refractivity contribution < 1.29 is 4.74 Å². The third-order valence-corrected chi connectivity index (χ3v) is 1.55. The molecule has 2 rings (SSSR count). The molecule has 1 unspecified atom stereocenters. The Bertz CT molecular complexity index is 184. The smallest absolute Gasteiger partial charge is 0.102 e. The van der Waals surface area contributed by atoms with E-state index in [1.165, 1.54) is 0 Å². The highest BCUT2D eigenvalue weighted by Gasteiger charge is 2.19. The zero-order chi connectivity index (χ0) is 8.10. The quantitative estimate of drug-likeness (QED) is 0.516. The number of aryl methyl sites for hydroxylation is 1. The van der Waals surface area contributed by atoms with Gasteiger partial charge in [-0.2, -0.15) is 0 Å². The van der Waals surface area contributed by atoms with Gasteiger partial charge in [-0.3, -0.25) is 0 Å². The molecule has 3 nitrogen and oxygen atoms in total. The maximum atomic E-state index is 5.27. The van der Waals surface area contributed by atoms with E-state index in [0.29, 0.717) is 12.0 Å². The normalized spacial score (nSPS) is 20.4. The Labute approximate surface area is 70.7 Å². The zero-order valence-corrected chi connectivity index (χ0v) is 7.14. The average molecular weight is 175 g/mol. The molecule has 1 aromatic rings. The topological polar surface area (TPSA) is 41.2 Å². The number of ether oxygens (including phenoxy) is 1. The number of epoxide rings is 1. The van der Waals surface area contributed by atoms with Crippen LogP contribution in [0, 0.1) is 6.92 Å². The fourth-order valence-electron chi connectivity index (χ4n) is 0.501. The van der Waals surface area contributed by atoms with Crippen LogP contribution >= 0.6 is 11.6 Å². The highest BCUT2D eigenvalue weighted by atomic mass is 35.5. The fourth-order valence-corrected chi connectivity index (χ4v) is 0.680. The summed E-state index contributed by atoms with van der Waals surface area (Å²) in [5.74, 6) is 1.63. The van der Waals surface area contributed by atoms with Crippen molar-refractivity contribution in [2.45, 2.75) is 13.0 Å². The summed E-state index contributed by atoms with van der Waals surface area (Å²) in [6.07, 6.45) is 3.93. The van der Waals surface area contributed by atoms with Crippen molar-refractivity contribution in [3.63, 3.8) is 0 Å². The van der Waals surface area contributed by atoms with Crippen molar-refractivity contribution >= 4 is 11.6 Å². The molecule has 1 aliphatic rings. The molecule has 0 radical (unpaired) electrons. The Morgan fingerprint density at radius 3 is 2.73 bits per heavy atom. The molecule has 0 bridgehead atoms. The van der Waals surface area contributed by atoms with E-state index in [9.17, 15) is 0 Å². The van der Waals surface area contributed by atoms with Gasteiger partial charge in [0.05, 0.1) is 18.6 Å². The summed E-state index contributed by atoms with van der Waals surface area (Å²) in [4.78, 5) is 6.75. The summed E-state index contributed by atoms with van der Waals surface area (Å²) >= 11 is 5.27. The van der Waals surface area contributed by atoms with Crippen LogP contribution in [-0.4, -0.2) is 28.6 Å². The molecule has 1 saturated heterocycles. The van der Waals surface area contributed by atoms with E-state index in [-0.39, 0.29) is 0 Å². The van der Waals surface area contributed by atoms with Crippen LogP contribution in [-0.2, 0) is 4.74 Å². The van der Waals surface area contributed by atoms with Gasteiger partial charge in [0.25, 0.3) is 0 Å². The molecule has 0 spiro atoms. The Morgan fingerprint density at radius 2 is 2.64 bits per heavy atom. The van der Waals surface area contributed by atoms with E-state index in [4.69, 9.17) is 16.3 Å². The van der Waals surface area contributed by atoms with Gasteiger partial charge in [0, 0.05) is 12.4 Å². The Kier molecular flexibility index (Phi) is 3.39. The van der Waals surface area contributed by atoms with E-state index in [1.54, 1.807) is 12.4 Å². The molecule has 62 valence electrons. The third-order valence-electron chi connectivity index (χ3n) is 1.21. The molecule has 1 aromatic heterocycles. The van der Waals surface area contributed by atoms with Crippen LogP contribution in [0.2, 0.25) is 0 Å². The highest BCUT2D eigenvalue weighted by Crippen LogP contribution is 2.08. The van der Waals surface area contributed by atoms with Crippen molar-refractivity contribution in [1.82, 2.24) is 9.97 Å². The molecule has 1 fully saturated rings. The van der Waals surface area contributed by atoms with Crippen molar-refractivity contribution in [1.29, 1.82) is 0 Å². The van der Waals surface area contributed by atoms with Crippen molar-refractivity contribution in [2.75, 3.05) is 12.5 Å². The summed E-state index contributed by atoms with van der Waals surface area (Å²) in [5.41, 5.74) is 0. The Balaban J connectivity index is 0.000000112. The number of halogens is 1. The van der Waals surface area contributed by atoms with Gasteiger partial charge < -0.3 is 9.72 Å². The van der Waals surface area contributed by atoms with Crippen LogP contribution in [0.15, 0.2) is 12.4 Å². The van der Waals surface area contributed by atoms with E-state index in [0.717, 1.165) is 12.4 Å². The van der Waals surface area contributed by atoms with Crippen molar-refractivity contribution in [2.24, 2.45) is 0 Å². The number of aromatic nitrogens is 2. The molecule has 0 saturated carbocycles. The summed E-state index contributed by atoms with van der Waals surface area (Å²) in [5, 5.41) is 0. The summed E-state index contributed by atoms with van der Waals surface area (Å²) < 4.78 is 4.73. The van der Waals surface area contributed by atoms with Crippen LogP contribution in [0.3, 0.4) is 0 Å². The number of aromatic amines is 1. The molecule has 0 aliphatic carbocycles. The van der Waals surface area contributed by atoms with E-state index in [1.807, 2.05) is 6.92 Å². The molecule has 0 amide bonds. The first-order valence-corrected chi connectivity index (χ1v) is 4.00. The van der Waals surface area contributed by atoms with Crippen molar-refractivity contribution in [3.8, 4) is 0 Å². The first-order chi connectivity index (χ1) is 5.33. The zero-order valence-electron chi connectivity index (χ0n) is 6.38. The second-order valence-electron chi connectivity index (χ2n) is 2.28. The number of nitrogens with one attached hydrogen (secondary N) is 1. The molecular weight excluding hydrogens is 164 g/mol. The largest absolute Gasteiger partial charge is 0.372 e. The van der Waals surface area contributed by atoms with Gasteiger partial charge in [-0.05, 0) is 6.92 Å². The summed E-state index contributed by atoms with van der Waals surface area (Å²) in [6, 6.07) is 0. The van der Waals surface area contributed by atoms with E-state index >= 15 is 0 Å². The Hall–Kier alpha value is -0.540. The van der Waals surface area contributed by atoms with Crippen LogP contribution < -0.4 is 0 Å². The minimum absolute atomic E-state index is 0.400. The Morgan fingerprint density at radius 1 is 1.91 bits per heavy atom. The van der Waals surface area contributed by atoms with E-state index < -0.39 is 0 Å². The number of hydrogen-bond acceptors (Lipinski definition) is 2. The lowest BCUT2D eigenvalue weighted by Gasteiger charge is -1.68. The number of rotatable bonds is 1. The van der Waals surface area contributed by atoms with Gasteiger partial charge in [0.1, 0.15) is 5.82 Å². The molecule has 1 N–H and O–H groups in total. The predicted molar refractivity (Wildman–Crippen MR) is 43.8 cm³/mol. The van der Waals surface area contributed by atoms with Gasteiger partial charge in [-0.15, -0.1) is 11.6 Å². The highest BCUT2D eigenvalue weighted by molar-refractivity contribution is 6.18. The van der Waals surface area contributed by atoms with Gasteiger partial charge in [0.2, 0.25) is 0 Å². The monoisotopic (exact) mass is 174 g/mol. The SMILES string of the molecule is Cc1ncc[nH]1.ClCC1CO1. The molecule has 1 atom stereocenters. The maximum Gasteiger partial charge on any atom is 0.102 e. The van der Waals surface area contributed by atoms with Crippen LogP contribution in [0.1, 0.15) is 5.82 Å². The fraction of sp³-hybridized carbons (Fsp3) is 0.571. The molecular formula is C7H11ClN2O. The summed E-state index contributed by atoms with van der Waals surface area (Å²) in [6.45, 7) is 2.80. The standard InChI is InChI=1S/C4H6N2.C3H5ClO/c1-4-5-2-3-6-4;4-1-3-2-5-3/h2-3H,1H3,(H,5,6);3H,1-2H2. The number of imidazole rings is 1. The first kappa shape index (κ1) is 8.56. The molecule has 0 aromatic carbocycles. The van der Waals surface area contributed by atoms with Gasteiger partial charge >= 0.3 is 0 Å². The second-order valence-corrected chi connectivity index (χ2v) is 2.59. The lowest BCUT2D eigenvalue weighted by Crippen LogP contribution is -1.80. The van der Waals surface area contributed by atoms with Gasteiger partial charge in [-0.1, -0.05) is 0 Å². The van der Waals surface area contributed by atoms with Gasteiger partial charge in [-0.25, -0.2) is 4.98 Å². The predicted octanol–water partition coefficient (Wildman–Crippen LogP) is 1.34. The molecule has 1 aliphatic heterocycles. The average Bonchev–Trinajstić information content (AvgIpc) is 2.75. The van der Waals surface area contributed by atoms with Crippen LogP contribution in [0.4, 0.5) is 0 Å². The lowest BCUT2D eigenvalue weighted by atomic mass is 10.6. The van der Waals surface area contributed by atoms with Crippen LogP contribution in [0.5, 0.6) is 0 Å². The lowest BCUT2D eigenvalue weighted by molar-refractivity contribution is 0.425. The number of hydrogen-bond donors (Lipinski definition) is 1. The first-order valence-electron chi connectivity index (χ1n) is 3.46. The maximum absolute atomic E-state index is 5.27. The van der Waals surface area contributed by atoms with Gasteiger partial charge in [0.15, 0.2) is 0 Å². The molecule has 4 heteroatoms. The molecule has 2 heterocycles. The molecule has 11 heavy (non-hydrogen) atoms. The number of alkyl halides is 1. The summed E-state index contributed by atoms with van der Waals surface area (Å²) in [7, 11) is 0. The minimum Gasteiger partial charge on any atom is -0.372 e. The van der Waals surface area contributed by atoms with Crippen molar-refractivity contribution in [3.05, 3.63) is 18.2 Å². The minimum atomic E-state index is 0.400. The van der Waals surface area contributed by atoms with E-state index in [2.05, 4.69) is 9.97 Å². The number of nitrogens with zero attached hydrogens (tertiary/aromatic N) is 1. The second kappa shape index (κ2) is 4.36. The van der Waals surface area contributed by atoms with Crippen LogP contribution in [0.25, 0.3) is 0 Å².